The smallest absolute Gasteiger partial charge is 0.264 e. The van der Waals surface area contributed by atoms with Crippen molar-refractivity contribution in [1.82, 2.24) is 15.0 Å². The zero-order chi connectivity index (χ0) is 30.5. The number of nitrogens with zero attached hydrogens (tertiary/aromatic N) is 5. The number of hydrogen-bond acceptors (Lipinski definition) is 7. The van der Waals surface area contributed by atoms with Crippen LogP contribution in [0.3, 0.4) is 0 Å². The van der Waals surface area contributed by atoms with Crippen LogP contribution >= 0.6 is 15.9 Å². The zero-order valence-corrected chi connectivity index (χ0v) is 27.3. The summed E-state index contributed by atoms with van der Waals surface area (Å²) < 4.78 is 9.51. The van der Waals surface area contributed by atoms with E-state index < -0.39 is 13.9 Å². The van der Waals surface area contributed by atoms with Crippen molar-refractivity contribution in [1.29, 1.82) is 0 Å². The van der Waals surface area contributed by atoms with Crippen LogP contribution < -0.4 is 9.80 Å². The highest BCUT2D eigenvalue weighted by Crippen LogP contribution is 2.60. The van der Waals surface area contributed by atoms with Gasteiger partial charge in [-0.3, -0.25) is 14.3 Å². The van der Waals surface area contributed by atoms with Crippen LogP contribution in [0.5, 0.6) is 0 Å². The second-order valence-corrected chi connectivity index (χ2v) is 17.4. The third kappa shape index (κ3) is 5.37. The molecule has 0 bridgehead atoms. The number of aryl methyl sites for hydroxylation is 1. The molecule has 1 spiro atoms. The summed E-state index contributed by atoms with van der Waals surface area (Å²) in [5.41, 5.74) is 2.75. The van der Waals surface area contributed by atoms with Gasteiger partial charge in [-0.05, 0) is 61.8 Å². The van der Waals surface area contributed by atoms with Crippen LogP contribution in [0.25, 0.3) is 0 Å². The lowest BCUT2D eigenvalue weighted by Crippen LogP contribution is -2.46. The van der Waals surface area contributed by atoms with Gasteiger partial charge in [0.2, 0.25) is 5.91 Å². The van der Waals surface area contributed by atoms with Gasteiger partial charge in [0.15, 0.2) is 13.9 Å². The van der Waals surface area contributed by atoms with E-state index in [9.17, 15) is 19.5 Å². The molecule has 2 fully saturated rings. The first kappa shape index (κ1) is 30.1. The Morgan fingerprint density at radius 3 is 2.60 bits per heavy atom. The number of benzene rings is 2. The van der Waals surface area contributed by atoms with Gasteiger partial charge in [0, 0.05) is 65.9 Å². The van der Waals surface area contributed by atoms with Crippen molar-refractivity contribution in [2.45, 2.75) is 76.0 Å². The fraction of sp³-hybridized carbons (Fsp3) is 0.484. The topological polar surface area (TPSA) is 121 Å². The highest BCUT2D eigenvalue weighted by Gasteiger charge is 2.66. The van der Waals surface area contributed by atoms with Crippen molar-refractivity contribution in [3.8, 4) is 0 Å². The molecule has 10 nitrogen and oxygen atoms in total. The van der Waals surface area contributed by atoms with Crippen LogP contribution in [0, 0.1) is 5.92 Å². The number of amides is 2. The first-order valence-electron chi connectivity index (χ1n) is 14.9. The summed E-state index contributed by atoms with van der Waals surface area (Å²) in [5.74, 6) is -0.243. The molecule has 2 N–H and O–H groups in total. The van der Waals surface area contributed by atoms with Crippen LogP contribution in [0.15, 0.2) is 53.1 Å². The van der Waals surface area contributed by atoms with E-state index >= 15 is 0 Å². The quantitative estimate of drug-likeness (QED) is 0.329. The number of carbonyl (C=O) groups is 2. The fourth-order valence-electron chi connectivity index (χ4n) is 7.30. The third-order valence-electron chi connectivity index (χ3n) is 9.20. The van der Waals surface area contributed by atoms with E-state index in [0.29, 0.717) is 38.0 Å². The van der Waals surface area contributed by atoms with E-state index in [2.05, 4.69) is 26.2 Å². The number of hydrogen-bond donors (Lipinski definition) is 2. The van der Waals surface area contributed by atoms with E-state index in [4.69, 9.17) is 4.74 Å². The van der Waals surface area contributed by atoms with Gasteiger partial charge >= 0.3 is 0 Å². The average Bonchev–Trinajstić information content (AvgIpc) is 3.71. The Balaban J connectivity index is 1.30. The maximum atomic E-state index is 14.6. The Hall–Kier alpha value is -2.90. The molecule has 3 aromatic rings. The summed E-state index contributed by atoms with van der Waals surface area (Å²) in [6.07, 6.45) is 3.91. The van der Waals surface area contributed by atoms with E-state index in [1.165, 1.54) is 0 Å². The summed E-state index contributed by atoms with van der Waals surface area (Å²) in [6, 6.07) is 13.7. The number of ether oxygens (including phenoxy) is 1. The first-order valence-corrected chi connectivity index (χ1v) is 18.8. The largest absolute Gasteiger partial charge is 0.432 e. The maximum absolute atomic E-state index is 14.6. The van der Waals surface area contributed by atoms with Crippen LogP contribution in [-0.2, 0) is 39.4 Å². The molecule has 0 saturated carbocycles. The first-order chi connectivity index (χ1) is 20.5. The van der Waals surface area contributed by atoms with Gasteiger partial charge in [0.1, 0.15) is 0 Å². The van der Waals surface area contributed by atoms with Gasteiger partial charge in [-0.25, -0.2) is 0 Å². The van der Waals surface area contributed by atoms with Crippen LogP contribution in [0.1, 0.15) is 43.0 Å². The van der Waals surface area contributed by atoms with E-state index in [-0.39, 0.29) is 36.0 Å². The summed E-state index contributed by atoms with van der Waals surface area (Å²) >= 11 is 3.62. The monoisotopic (exact) mass is 667 g/mol. The predicted octanol–water partition coefficient (Wildman–Crippen LogP) is 4.14. The number of rotatable bonds is 9. The number of fused-ring (bicyclic) bond motifs is 2. The standard InChI is InChI=1S/C31H38BrN5O5Si/c1-20-29(43(2,3)41)27(12-15-35-19-23(13-16-38)33-34-35)42-31(20)25-17-22(32)8-11-26(25)37(30(31)40)18-21-6-9-24(10-7-21)36-14-4-5-28(36)39/h6-11,17,19-20,27,29,38,41H,4-5,12-16,18H2,1-3H3/t20-,27+,29-,31+/m0/s1. The lowest BCUT2D eigenvalue weighted by Gasteiger charge is -2.32. The molecule has 2 amide bonds. The summed E-state index contributed by atoms with van der Waals surface area (Å²) in [7, 11) is -2.79. The summed E-state index contributed by atoms with van der Waals surface area (Å²) in [6.45, 7) is 7.50. The number of aliphatic hydroxyl groups excluding tert-OH is 1. The van der Waals surface area contributed by atoms with Gasteiger partial charge < -0.3 is 24.4 Å². The van der Waals surface area contributed by atoms with Crippen LogP contribution in [0.4, 0.5) is 11.4 Å². The molecule has 0 aliphatic carbocycles. The summed E-state index contributed by atoms with van der Waals surface area (Å²) in [5, 5.41) is 17.6. The number of aliphatic hydroxyl groups is 1. The SMILES string of the molecule is C[C@H]1[C@H]([Si](C)(C)O)[C@@H](CCn2cc(CCO)nn2)O[C@]12C(=O)N(Cc1ccc(N3CCCC3=O)cc1)c1ccc(Br)cc12. The molecule has 0 radical (unpaired) electrons. The zero-order valence-electron chi connectivity index (χ0n) is 24.7. The Kier molecular flexibility index (Phi) is 8.09. The van der Waals surface area contributed by atoms with Gasteiger partial charge in [0.05, 0.1) is 24.0 Å². The van der Waals surface area contributed by atoms with Crippen molar-refractivity contribution in [2.24, 2.45) is 5.92 Å². The van der Waals surface area contributed by atoms with Crippen LogP contribution in [-0.4, -0.2) is 64.3 Å². The molecule has 0 unspecified atom stereocenters. The molecule has 2 aromatic carbocycles. The molecule has 2 saturated heterocycles. The van der Waals surface area contributed by atoms with Gasteiger partial charge in [-0.1, -0.05) is 40.2 Å². The number of aromatic nitrogens is 3. The van der Waals surface area contributed by atoms with Crippen molar-refractivity contribution < 1.29 is 24.2 Å². The lowest BCUT2D eigenvalue weighted by atomic mass is 9.82. The third-order valence-corrected chi connectivity index (χ3v) is 12.2. The molecule has 3 aliphatic heterocycles. The number of carbonyl (C=O) groups excluding carboxylic acids is 2. The molecule has 4 atom stereocenters. The summed E-state index contributed by atoms with van der Waals surface area (Å²) in [4.78, 5) is 42.0. The van der Waals surface area contributed by atoms with E-state index in [1.54, 1.807) is 9.58 Å². The molecular formula is C31H38BrN5O5Si. The van der Waals surface area contributed by atoms with E-state index in [1.807, 2.05) is 73.6 Å². The number of anilines is 2. The van der Waals surface area contributed by atoms with Crippen molar-refractivity contribution in [2.75, 3.05) is 23.0 Å². The molecule has 4 heterocycles. The fourth-order valence-corrected chi connectivity index (χ4v) is 10.3. The second kappa shape index (κ2) is 11.5. The Labute approximate surface area is 260 Å². The van der Waals surface area contributed by atoms with Crippen LogP contribution in [0.2, 0.25) is 18.6 Å². The Morgan fingerprint density at radius 2 is 1.93 bits per heavy atom. The molecule has 228 valence electrons. The Morgan fingerprint density at radius 1 is 1.16 bits per heavy atom. The predicted molar refractivity (Wildman–Crippen MR) is 168 cm³/mol. The van der Waals surface area contributed by atoms with Crippen molar-refractivity contribution >= 4 is 47.4 Å². The molecule has 3 aliphatic rings. The minimum absolute atomic E-state index is 0.00663. The highest BCUT2D eigenvalue weighted by molar-refractivity contribution is 9.10. The second-order valence-electron chi connectivity index (χ2n) is 12.5. The molecular weight excluding hydrogens is 630 g/mol. The number of halogens is 1. The highest BCUT2D eigenvalue weighted by atomic mass is 79.9. The lowest BCUT2D eigenvalue weighted by molar-refractivity contribution is -0.146. The molecule has 1 aromatic heterocycles. The van der Waals surface area contributed by atoms with Gasteiger partial charge in [-0.2, -0.15) is 0 Å². The van der Waals surface area contributed by atoms with Crippen molar-refractivity contribution in [3.63, 3.8) is 0 Å². The normalized spacial score (nSPS) is 25.4. The maximum Gasteiger partial charge on any atom is 0.264 e. The minimum Gasteiger partial charge on any atom is -0.432 e. The molecule has 12 heteroatoms. The van der Waals surface area contributed by atoms with E-state index in [0.717, 1.165) is 39.9 Å². The van der Waals surface area contributed by atoms with Gasteiger partial charge in [-0.15, -0.1) is 5.10 Å². The molecule has 43 heavy (non-hydrogen) atoms. The Bertz CT molecular complexity index is 1530. The van der Waals surface area contributed by atoms with Crippen molar-refractivity contribution in [3.05, 3.63) is 70.0 Å². The minimum atomic E-state index is -2.79. The van der Waals surface area contributed by atoms with Gasteiger partial charge in [0.25, 0.3) is 5.91 Å². The average molecular weight is 669 g/mol. The molecule has 6 rings (SSSR count).